The quantitative estimate of drug-likeness (QED) is 0.669. The maximum atomic E-state index is 12.9. The average Bonchev–Trinajstić information content (AvgIpc) is 3.33. The SMILES string of the molecule is O=C(c1ccoc1)N1CCN(C(=O)c2cccc(OCc3ccccc3)c2)CC1. The topological polar surface area (TPSA) is 63.0 Å². The number of ether oxygens (including phenoxy) is 1. The van der Waals surface area contributed by atoms with Gasteiger partial charge in [0.2, 0.25) is 0 Å². The number of benzene rings is 2. The van der Waals surface area contributed by atoms with Crippen LogP contribution < -0.4 is 4.74 Å². The fourth-order valence-corrected chi connectivity index (χ4v) is 3.32. The van der Waals surface area contributed by atoms with Crippen molar-refractivity contribution < 1.29 is 18.7 Å². The first kappa shape index (κ1) is 18.8. The van der Waals surface area contributed by atoms with E-state index in [1.165, 1.54) is 12.5 Å². The molecule has 0 atom stereocenters. The Labute approximate surface area is 169 Å². The Bertz CT molecular complexity index is 962. The van der Waals surface area contributed by atoms with Gasteiger partial charge in [0.25, 0.3) is 11.8 Å². The number of carbonyl (C=O) groups excluding carboxylic acids is 2. The van der Waals surface area contributed by atoms with Crippen LogP contribution in [-0.2, 0) is 6.61 Å². The van der Waals surface area contributed by atoms with Crippen molar-refractivity contribution in [3.05, 3.63) is 89.9 Å². The minimum absolute atomic E-state index is 0.0504. The minimum atomic E-state index is -0.0674. The molecule has 0 bridgehead atoms. The third-order valence-corrected chi connectivity index (χ3v) is 4.95. The molecule has 1 aromatic heterocycles. The van der Waals surface area contributed by atoms with Gasteiger partial charge in [-0.1, -0.05) is 36.4 Å². The molecule has 6 heteroatoms. The van der Waals surface area contributed by atoms with Gasteiger partial charge in [0, 0.05) is 31.7 Å². The van der Waals surface area contributed by atoms with Gasteiger partial charge in [0.1, 0.15) is 18.6 Å². The van der Waals surface area contributed by atoms with E-state index in [9.17, 15) is 9.59 Å². The van der Waals surface area contributed by atoms with E-state index in [1.807, 2.05) is 42.5 Å². The first-order valence-electron chi connectivity index (χ1n) is 9.58. The Morgan fingerprint density at radius 3 is 2.17 bits per heavy atom. The van der Waals surface area contributed by atoms with E-state index >= 15 is 0 Å². The smallest absolute Gasteiger partial charge is 0.257 e. The summed E-state index contributed by atoms with van der Waals surface area (Å²) in [6.45, 7) is 2.45. The van der Waals surface area contributed by atoms with Gasteiger partial charge in [0.15, 0.2) is 0 Å². The monoisotopic (exact) mass is 390 g/mol. The molecule has 0 radical (unpaired) electrons. The second-order valence-electron chi connectivity index (χ2n) is 6.90. The molecule has 0 spiro atoms. The Morgan fingerprint density at radius 1 is 0.828 bits per heavy atom. The van der Waals surface area contributed by atoms with Gasteiger partial charge in [-0.05, 0) is 29.8 Å². The summed E-state index contributed by atoms with van der Waals surface area (Å²) in [7, 11) is 0. The molecular formula is C23H22N2O4. The molecule has 0 unspecified atom stereocenters. The molecule has 0 N–H and O–H groups in total. The van der Waals surface area contributed by atoms with Gasteiger partial charge in [-0.15, -0.1) is 0 Å². The second kappa shape index (κ2) is 8.65. The number of amides is 2. The van der Waals surface area contributed by atoms with Crippen LogP contribution in [0.4, 0.5) is 0 Å². The van der Waals surface area contributed by atoms with E-state index in [0.717, 1.165) is 5.56 Å². The molecule has 3 aromatic rings. The molecule has 1 saturated heterocycles. The predicted molar refractivity (Wildman–Crippen MR) is 108 cm³/mol. The lowest BCUT2D eigenvalue weighted by atomic mass is 10.1. The summed E-state index contributed by atoms with van der Waals surface area (Å²) in [5.74, 6) is 0.543. The van der Waals surface area contributed by atoms with Gasteiger partial charge in [-0.2, -0.15) is 0 Å². The van der Waals surface area contributed by atoms with Crippen molar-refractivity contribution in [2.24, 2.45) is 0 Å². The molecule has 29 heavy (non-hydrogen) atoms. The van der Waals surface area contributed by atoms with Crippen LogP contribution in [0.15, 0.2) is 77.6 Å². The normalized spacial score (nSPS) is 13.9. The van der Waals surface area contributed by atoms with Crippen LogP contribution in [0.25, 0.3) is 0 Å². The average molecular weight is 390 g/mol. The number of hydrogen-bond acceptors (Lipinski definition) is 4. The highest BCUT2D eigenvalue weighted by Crippen LogP contribution is 2.18. The lowest BCUT2D eigenvalue weighted by Gasteiger charge is -2.34. The lowest BCUT2D eigenvalue weighted by molar-refractivity contribution is 0.0535. The van der Waals surface area contributed by atoms with Crippen LogP contribution >= 0.6 is 0 Å². The molecule has 2 heterocycles. The van der Waals surface area contributed by atoms with Crippen molar-refractivity contribution in [1.82, 2.24) is 9.80 Å². The zero-order valence-electron chi connectivity index (χ0n) is 16.0. The highest BCUT2D eigenvalue weighted by atomic mass is 16.5. The molecule has 6 nitrogen and oxygen atoms in total. The lowest BCUT2D eigenvalue weighted by Crippen LogP contribution is -2.50. The van der Waals surface area contributed by atoms with E-state index in [1.54, 1.807) is 28.0 Å². The Kier molecular flexibility index (Phi) is 5.61. The van der Waals surface area contributed by atoms with Crippen molar-refractivity contribution in [2.75, 3.05) is 26.2 Å². The summed E-state index contributed by atoms with van der Waals surface area (Å²) >= 11 is 0. The molecule has 2 aromatic carbocycles. The zero-order chi connectivity index (χ0) is 20.1. The summed E-state index contributed by atoms with van der Waals surface area (Å²) in [5, 5.41) is 0. The summed E-state index contributed by atoms with van der Waals surface area (Å²) in [5.41, 5.74) is 2.20. The maximum absolute atomic E-state index is 12.9. The van der Waals surface area contributed by atoms with Crippen molar-refractivity contribution >= 4 is 11.8 Å². The standard InChI is InChI=1S/C23H22N2O4/c26-22(24-10-12-25(13-11-24)23(27)20-9-14-28-17-20)19-7-4-8-21(15-19)29-16-18-5-2-1-3-6-18/h1-9,14-15,17H,10-13,16H2. The number of hydrogen-bond donors (Lipinski definition) is 0. The highest BCUT2D eigenvalue weighted by molar-refractivity contribution is 5.96. The third kappa shape index (κ3) is 4.48. The number of piperazine rings is 1. The number of furan rings is 1. The van der Waals surface area contributed by atoms with E-state index in [2.05, 4.69) is 0 Å². The molecule has 1 fully saturated rings. The van der Waals surface area contributed by atoms with Crippen molar-refractivity contribution in [3.63, 3.8) is 0 Å². The van der Waals surface area contributed by atoms with Gasteiger partial charge in [-0.25, -0.2) is 0 Å². The first-order valence-corrected chi connectivity index (χ1v) is 9.58. The molecule has 4 rings (SSSR count). The van der Waals surface area contributed by atoms with Crippen LogP contribution in [0.3, 0.4) is 0 Å². The molecule has 2 amide bonds. The van der Waals surface area contributed by atoms with E-state index in [0.29, 0.717) is 49.7 Å². The van der Waals surface area contributed by atoms with E-state index in [4.69, 9.17) is 9.15 Å². The number of nitrogens with zero attached hydrogens (tertiary/aromatic N) is 2. The summed E-state index contributed by atoms with van der Waals surface area (Å²) in [6.07, 6.45) is 2.93. The molecule has 0 saturated carbocycles. The zero-order valence-corrected chi connectivity index (χ0v) is 16.0. The molecule has 148 valence electrons. The van der Waals surface area contributed by atoms with Crippen LogP contribution in [0.1, 0.15) is 26.3 Å². The summed E-state index contributed by atoms with van der Waals surface area (Å²) in [6, 6.07) is 18.8. The van der Waals surface area contributed by atoms with Crippen molar-refractivity contribution in [1.29, 1.82) is 0 Å². The molecule has 1 aliphatic heterocycles. The van der Waals surface area contributed by atoms with Crippen molar-refractivity contribution in [2.45, 2.75) is 6.61 Å². The number of carbonyl (C=O) groups is 2. The van der Waals surface area contributed by atoms with Gasteiger partial charge >= 0.3 is 0 Å². The second-order valence-corrected chi connectivity index (χ2v) is 6.90. The van der Waals surface area contributed by atoms with Gasteiger partial charge < -0.3 is 19.0 Å². The first-order chi connectivity index (χ1) is 14.2. The Morgan fingerprint density at radius 2 is 1.52 bits per heavy atom. The molecule has 1 aliphatic rings. The highest BCUT2D eigenvalue weighted by Gasteiger charge is 2.26. The van der Waals surface area contributed by atoms with Crippen LogP contribution in [0.5, 0.6) is 5.75 Å². The van der Waals surface area contributed by atoms with Gasteiger partial charge in [-0.3, -0.25) is 9.59 Å². The predicted octanol–water partition coefficient (Wildman–Crippen LogP) is 3.46. The number of rotatable bonds is 5. The fraction of sp³-hybridized carbons (Fsp3) is 0.217. The summed E-state index contributed by atoms with van der Waals surface area (Å²) in [4.78, 5) is 28.8. The van der Waals surface area contributed by atoms with Crippen LogP contribution in [0.2, 0.25) is 0 Å². The van der Waals surface area contributed by atoms with Crippen LogP contribution in [0, 0.1) is 0 Å². The maximum Gasteiger partial charge on any atom is 0.257 e. The van der Waals surface area contributed by atoms with Crippen LogP contribution in [-0.4, -0.2) is 47.8 Å². The fourth-order valence-electron chi connectivity index (χ4n) is 3.32. The van der Waals surface area contributed by atoms with E-state index < -0.39 is 0 Å². The molecular weight excluding hydrogens is 368 g/mol. The van der Waals surface area contributed by atoms with E-state index in [-0.39, 0.29) is 11.8 Å². The minimum Gasteiger partial charge on any atom is -0.489 e. The molecule has 0 aliphatic carbocycles. The van der Waals surface area contributed by atoms with Gasteiger partial charge in [0.05, 0.1) is 11.8 Å². The summed E-state index contributed by atoms with van der Waals surface area (Å²) < 4.78 is 10.8. The third-order valence-electron chi connectivity index (χ3n) is 4.95. The Hall–Kier alpha value is -3.54. The Balaban J connectivity index is 1.34. The largest absolute Gasteiger partial charge is 0.489 e. The van der Waals surface area contributed by atoms with Crippen molar-refractivity contribution in [3.8, 4) is 5.75 Å².